The summed E-state index contributed by atoms with van der Waals surface area (Å²) in [7, 11) is 0. The molecule has 5 heteroatoms. The number of aldehydes is 1. The Bertz CT molecular complexity index is 342. The molecule has 0 aliphatic heterocycles. The highest BCUT2D eigenvalue weighted by Gasteiger charge is 2.06. The third-order valence-electron chi connectivity index (χ3n) is 1.25. The second-order valence-corrected chi connectivity index (χ2v) is 2.95. The van der Waals surface area contributed by atoms with Gasteiger partial charge in [-0.25, -0.2) is 4.39 Å². The maximum atomic E-state index is 12.8. The summed E-state index contributed by atoms with van der Waals surface area (Å²) in [5.74, 6) is -0.687. The van der Waals surface area contributed by atoms with Crippen LogP contribution in [0.5, 0.6) is 0 Å². The van der Waals surface area contributed by atoms with Crippen LogP contribution >= 0.6 is 23.2 Å². The fourth-order valence-electron chi connectivity index (χ4n) is 0.733. The average molecular weight is 220 g/mol. The number of carbonyl (C=O) groups excluding carboxylic acids is 1. The van der Waals surface area contributed by atoms with Crippen molar-refractivity contribution >= 4 is 41.4 Å². The van der Waals surface area contributed by atoms with Gasteiger partial charge in [-0.2, -0.15) is 0 Å². The minimum absolute atomic E-state index is 0.120. The first-order chi connectivity index (χ1) is 6.15. The molecule has 0 saturated heterocycles. The number of hydrogen-bond donors (Lipinski definition) is 0. The minimum atomic E-state index is -0.687. The van der Waals surface area contributed by atoms with Crippen molar-refractivity contribution in [3.63, 3.8) is 0 Å². The van der Waals surface area contributed by atoms with Gasteiger partial charge >= 0.3 is 0 Å². The van der Waals surface area contributed by atoms with Gasteiger partial charge in [-0.1, -0.05) is 23.2 Å². The topological polar surface area (TPSA) is 29.4 Å². The minimum Gasteiger partial charge on any atom is -0.297 e. The summed E-state index contributed by atoms with van der Waals surface area (Å²) in [5, 5.41) is -0.240. The molecule has 13 heavy (non-hydrogen) atoms. The Morgan fingerprint density at radius 1 is 1.31 bits per heavy atom. The van der Waals surface area contributed by atoms with Crippen molar-refractivity contribution in [1.82, 2.24) is 0 Å². The highest BCUT2D eigenvalue weighted by molar-refractivity contribution is 6.35. The Balaban J connectivity index is 3.12. The Morgan fingerprint density at radius 2 is 1.85 bits per heavy atom. The molecule has 0 saturated carbocycles. The second kappa shape index (κ2) is 4.35. The molecule has 1 rings (SSSR count). The summed E-state index contributed by atoms with van der Waals surface area (Å²) in [6.07, 6.45) is 1.53. The standard InChI is InChI=1S/C8H4Cl2FNO/c9-6-3-5(12-1-2-13)4-7(10)8(6)11/h1-4H. The summed E-state index contributed by atoms with van der Waals surface area (Å²) in [6, 6.07) is 2.56. The first-order valence-corrected chi connectivity index (χ1v) is 4.03. The molecule has 1 aromatic rings. The molecule has 0 amide bonds. The lowest BCUT2D eigenvalue weighted by atomic mass is 10.3. The van der Waals surface area contributed by atoms with Gasteiger partial charge in [0.1, 0.15) is 0 Å². The van der Waals surface area contributed by atoms with E-state index in [1.165, 1.54) is 12.1 Å². The number of aliphatic imine (C=N–C) groups is 1. The Morgan fingerprint density at radius 3 is 2.31 bits per heavy atom. The molecule has 0 fully saturated rings. The number of nitrogens with zero attached hydrogens (tertiary/aromatic N) is 1. The summed E-state index contributed by atoms with van der Waals surface area (Å²) in [4.78, 5) is 13.6. The van der Waals surface area contributed by atoms with Crippen LogP contribution in [0.4, 0.5) is 10.1 Å². The van der Waals surface area contributed by atoms with Gasteiger partial charge in [0.2, 0.25) is 0 Å². The Kier molecular flexibility index (Phi) is 3.39. The van der Waals surface area contributed by atoms with E-state index in [1.807, 2.05) is 0 Å². The van der Waals surface area contributed by atoms with Gasteiger partial charge in [-0.3, -0.25) is 9.79 Å². The predicted octanol–water partition coefficient (Wildman–Crippen LogP) is 3.03. The molecular formula is C8H4Cl2FNO. The van der Waals surface area contributed by atoms with Crippen LogP contribution in [0.15, 0.2) is 17.1 Å². The Labute approximate surface area is 84.0 Å². The fraction of sp³-hybridized carbons (Fsp3) is 0. The van der Waals surface area contributed by atoms with Gasteiger partial charge in [0.25, 0.3) is 0 Å². The molecule has 0 aliphatic rings. The van der Waals surface area contributed by atoms with Crippen molar-refractivity contribution in [1.29, 1.82) is 0 Å². The van der Waals surface area contributed by atoms with Gasteiger partial charge in [0.15, 0.2) is 12.1 Å². The molecule has 0 N–H and O–H groups in total. The van der Waals surface area contributed by atoms with Gasteiger partial charge in [0, 0.05) is 0 Å². The number of benzene rings is 1. The molecule has 0 atom stereocenters. The number of carbonyl (C=O) groups is 1. The molecule has 0 spiro atoms. The molecule has 0 heterocycles. The van der Waals surface area contributed by atoms with E-state index in [4.69, 9.17) is 23.2 Å². The normalized spacial score (nSPS) is 10.7. The lowest BCUT2D eigenvalue weighted by Gasteiger charge is -1.98. The monoisotopic (exact) mass is 219 g/mol. The number of hydrogen-bond acceptors (Lipinski definition) is 2. The second-order valence-electron chi connectivity index (χ2n) is 2.14. The van der Waals surface area contributed by atoms with Crippen molar-refractivity contribution in [3.8, 4) is 0 Å². The van der Waals surface area contributed by atoms with Crippen LogP contribution in [0.1, 0.15) is 0 Å². The fourth-order valence-corrected chi connectivity index (χ4v) is 1.21. The summed E-state index contributed by atoms with van der Waals surface area (Å²) in [6.45, 7) is 0. The van der Waals surface area contributed by atoms with E-state index in [1.54, 1.807) is 0 Å². The Hall–Kier alpha value is -0.930. The third kappa shape index (κ3) is 2.50. The van der Waals surface area contributed by atoms with Crippen molar-refractivity contribution in [2.45, 2.75) is 0 Å². The van der Waals surface area contributed by atoms with Gasteiger partial charge in [-0.15, -0.1) is 0 Å². The van der Waals surface area contributed by atoms with Gasteiger partial charge < -0.3 is 0 Å². The van der Waals surface area contributed by atoms with Crippen molar-refractivity contribution in [3.05, 3.63) is 28.0 Å². The molecule has 0 aromatic heterocycles. The third-order valence-corrected chi connectivity index (χ3v) is 1.80. The predicted molar refractivity (Wildman–Crippen MR) is 50.6 cm³/mol. The van der Waals surface area contributed by atoms with E-state index in [0.29, 0.717) is 12.0 Å². The van der Waals surface area contributed by atoms with Crippen LogP contribution < -0.4 is 0 Å². The van der Waals surface area contributed by atoms with E-state index >= 15 is 0 Å². The van der Waals surface area contributed by atoms with Crippen molar-refractivity contribution in [2.75, 3.05) is 0 Å². The highest BCUT2D eigenvalue weighted by atomic mass is 35.5. The van der Waals surface area contributed by atoms with E-state index in [2.05, 4.69) is 4.99 Å². The van der Waals surface area contributed by atoms with E-state index in [-0.39, 0.29) is 10.0 Å². The zero-order valence-corrected chi connectivity index (χ0v) is 7.81. The van der Waals surface area contributed by atoms with Crippen molar-refractivity contribution < 1.29 is 9.18 Å². The smallest absolute Gasteiger partial charge is 0.161 e. The molecule has 68 valence electrons. The average Bonchev–Trinajstić information content (AvgIpc) is 2.10. The van der Waals surface area contributed by atoms with E-state index in [0.717, 1.165) is 6.21 Å². The van der Waals surface area contributed by atoms with E-state index in [9.17, 15) is 9.18 Å². The van der Waals surface area contributed by atoms with Crippen LogP contribution in [0, 0.1) is 5.82 Å². The summed E-state index contributed by atoms with van der Waals surface area (Å²) in [5.41, 5.74) is 0.337. The molecule has 0 aliphatic carbocycles. The van der Waals surface area contributed by atoms with Gasteiger partial charge in [-0.05, 0) is 12.1 Å². The first kappa shape index (κ1) is 10.2. The lowest BCUT2D eigenvalue weighted by Crippen LogP contribution is -1.79. The van der Waals surface area contributed by atoms with E-state index < -0.39 is 5.82 Å². The number of halogens is 3. The largest absolute Gasteiger partial charge is 0.297 e. The summed E-state index contributed by atoms with van der Waals surface area (Å²) < 4.78 is 12.8. The molecule has 2 nitrogen and oxygen atoms in total. The van der Waals surface area contributed by atoms with Crippen LogP contribution in [-0.4, -0.2) is 12.5 Å². The van der Waals surface area contributed by atoms with Crippen LogP contribution in [0.2, 0.25) is 10.0 Å². The molecule has 1 aromatic carbocycles. The van der Waals surface area contributed by atoms with Crippen LogP contribution in [0.3, 0.4) is 0 Å². The zero-order chi connectivity index (χ0) is 9.84. The molecular weight excluding hydrogens is 216 g/mol. The summed E-state index contributed by atoms with van der Waals surface area (Å²) >= 11 is 11.0. The zero-order valence-electron chi connectivity index (χ0n) is 6.30. The van der Waals surface area contributed by atoms with Crippen LogP contribution in [-0.2, 0) is 4.79 Å². The maximum absolute atomic E-state index is 12.8. The number of rotatable bonds is 2. The lowest BCUT2D eigenvalue weighted by molar-refractivity contribution is -0.102. The molecule has 0 bridgehead atoms. The molecule has 0 unspecified atom stereocenters. The highest BCUT2D eigenvalue weighted by Crippen LogP contribution is 2.28. The van der Waals surface area contributed by atoms with Crippen molar-refractivity contribution in [2.24, 2.45) is 4.99 Å². The first-order valence-electron chi connectivity index (χ1n) is 3.27. The van der Waals surface area contributed by atoms with Crippen LogP contribution in [0.25, 0.3) is 0 Å². The molecule has 0 radical (unpaired) electrons. The maximum Gasteiger partial charge on any atom is 0.161 e. The van der Waals surface area contributed by atoms with Gasteiger partial charge in [0.05, 0.1) is 21.9 Å². The SMILES string of the molecule is O=CC=Nc1cc(Cl)c(F)c(Cl)c1. The quantitative estimate of drug-likeness (QED) is 0.427.